The summed E-state index contributed by atoms with van der Waals surface area (Å²) in [5.74, 6) is -0.764. The lowest BCUT2D eigenvalue weighted by Crippen LogP contribution is -2.41. The Hall–Kier alpha value is -2.74. The molecule has 1 rings (SSSR count). The second-order valence-corrected chi connectivity index (χ2v) is 10.7. The average Bonchev–Trinajstić information content (AvgIpc) is 3.00. The van der Waals surface area contributed by atoms with Gasteiger partial charge in [-0.05, 0) is 45.4 Å². The average molecular weight is 630 g/mol. The summed E-state index contributed by atoms with van der Waals surface area (Å²) < 4.78 is 32.3. The molecule has 0 aromatic rings. The quantitative estimate of drug-likeness (QED) is 0.1000. The maximum atomic E-state index is 12.3. The Bertz CT molecular complexity index is 857. The van der Waals surface area contributed by atoms with Gasteiger partial charge in [-0.2, -0.15) is 0 Å². The van der Waals surface area contributed by atoms with E-state index in [1.807, 2.05) is 0 Å². The molecule has 0 heterocycles. The number of carbonyl (C=O) groups is 4. The lowest BCUT2D eigenvalue weighted by molar-refractivity contribution is -0.151. The van der Waals surface area contributed by atoms with E-state index in [2.05, 4.69) is 16.9 Å². The molecule has 0 bridgehead atoms. The molecule has 3 amide bonds. The lowest BCUT2D eigenvalue weighted by atomic mass is 10.0. The Labute approximate surface area is 263 Å². The number of carbonyl (C=O) groups excluding carboxylic acids is 4. The van der Waals surface area contributed by atoms with Gasteiger partial charge in [-0.3, -0.25) is 9.59 Å². The summed E-state index contributed by atoms with van der Waals surface area (Å²) in [4.78, 5) is 52.8. The number of likely N-dealkylation sites (N-methyl/N-ethyl adjacent to an activating group) is 3. The predicted molar refractivity (Wildman–Crippen MR) is 164 cm³/mol. The fraction of sp³-hybridized carbons (Fsp3) is 0.806. The third kappa shape index (κ3) is 18.2. The lowest BCUT2D eigenvalue weighted by Gasteiger charge is -2.23. The highest BCUT2D eigenvalue weighted by molar-refractivity contribution is 5.84. The van der Waals surface area contributed by atoms with Gasteiger partial charge >= 0.3 is 12.1 Å². The van der Waals surface area contributed by atoms with Crippen molar-refractivity contribution in [3.05, 3.63) is 12.2 Å². The van der Waals surface area contributed by atoms with Crippen LogP contribution in [0.15, 0.2) is 12.2 Å². The molecule has 1 unspecified atom stereocenters. The van der Waals surface area contributed by atoms with Crippen molar-refractivity contribution in [1.82, 2.24) is 14.7 Å². The molecule has 1 aliphatic rings. The second kappa shape index (κ2) is 24.6. The molecule has 0 fully saturated rings. The van der Waals surface area contributed by atoms with Crippen LogP contribution in [0.3, 0.4) is 0 Å². The smallest absolute Gasteiger partial charge is 0.409 e. The van der Waals surface area contributed by atoms with E-state index in [-0.39, 0.29) is 36.9 Å². The Balaban J connectivity index is 1.93. The molecule has 1 aliphatic carbocycles. The largest absolute Gasteiger partial charge is 0.467 e. The number of rotatable bonds is 22. The SMILES string of the molecule is COC(=O)[C@H](C)N(C)C(=O)CCCC(=O)N(C)CCOCCOCCOCCOCCN(C)C(=O)OC1CC/C=C/CCC1. The normalized spacial score (nSPS) is 16.2. The van der Waals surface area contributed by atoms with Gasteiger partial charge in [0.25, 0.3) is 0 Å². The molecule has 2 atom stereocenters. The fourth-order valence-corrected chi connectivity index (χ4v) is 4.16. The van der Waals surface area contributed by atoms with Gasteiger partial charge < -0.3 is 43.1 Å². The van der Waals surface area contributed by atoms with E-state index in [1.165, 1.54) is 12.0 Å². The maximum Gasteiger partial charge on any atom is 0.409 e. The summed E-state index contributed by atoms with van der Waals surface area (Å²) in [6, 6.07) is -0.665. The fourth-order valence-electron chi connectivity index (χ4n) is 4.16. The molecule has 44 heavy (non-hydrogen) atoms. The zero-order valence-electron chi connectivity index (χ0n) is 27.5. The predicted octanol–water partition coefficient (Wildman–Crippen LogP) is 2.66. The van der Waals surface area contributed by atoms with Crippen molar-refractivity contribution in [2.75, 3.05) is 94.2 Å². The molecule has 13 nitrogen and oxygen atoms in total. The van der Waals surface area contributed by atoms with Crippen LogP contribution in [0.1, 0.15) is 58.3 Å². The molecule has 0 saturated heterocycles. The van der Waals surface area contributed by atoms with Crippen LogP contribution >= 0.6 is 0 Å². The van der Waals surface area contributed by atoms with Crippen LogP contribution < -0.4 is 0 Å². The van der Waals surface area contributed by atoms with Gasteiger partial charge in [0.2, 0.25) is 11.8 Å². The van der Waals surface area contributed by atoms with Crippen molar-refractivity contribution in [3.63, 3.8) is 0 Å². The van der Waals surface area contributed by atoms with E-state index in [0.29, 0.717) is 72.4 Å². The standard InChI is InChI=1S/C31H55N3O10/c1-26(30(37)39-5)34(4)29(36)15-11-14-28(35)32(2)16-18-40-20-22-42-24-25-43-23-21-41-19-17-33(3)31(38)44-27-12-9-7-6-8-10-13-27/h6-7,26-27H,8-25H2,1-5H3/b7-6+/t26-,27?/m0/s1. The first-order valence-corrected chi connectivity index (χ1v) is 15.6. The first kappa shape index (κ1) is 39.3. The molecule has 0 aromatic carbocycles. The van der Waals surface area contributed by atoms with E-state index in [9.17, 15) is 19.2 Å². The van der Waals surface area contributed by atoms with E-state index >= 15 is 0 Å². The Morgan fingerprint density at radius 2 is 1.25 bits per heavy atom. The van der Waals surface area contributed by atoms with Gasteiger partial charge in [-0.25, -0.2) is 9.59 Å². The minimum atomic E-state index is -0.665. The summed E-state index contributed by atoms with van der Waals surface area (Å²) in [5.41, 5.74) is 0. The molecule has 254 valence electrons. The van der Waals surface area contributed by atoms with Crippen LogP contribution in [-0.4, -0.2) is 145 Å². The maximum absolute atomic E-state index is 12.3. The van der Waals surface area contributed by atoms with E-state index in [1.54, 1.807) is 37.9 Å². The molecular formula is C31H55N3O10. The number of esters is 1. The molecular weight excluding hydrogens is 574 g/mol. The van der Waals surface area contributed by atoms with E-state index < -0.39 is 12.0 Å². The Morgan fingerprint density at radius 3 is 1.84 bits per heavy atom. The van der Waals surface area contributed by atoms with Gasteiger partial charge in [-0.1, -0.05) is 12.2 Å². The minimum absolute atomic E-state index is 0.0174. The molecule has 0 aliphatic heterocycles. The highest BCUT2D eigenvalue weighted by Crippen LogP contribution is 2.16. The second-order valence-electron chi connectivity index (χ2n) is 10.7. The monoisotopic (exact) mass is 629 g/mol. The van der Waals surface area contributed by atoms with Crippen molar-refractivity contribution in [3.8, 4) is 0 Å². The summed E-state index contributed by atoms with van der Waals surface area (Å²) in [7, 11) is 6.24. The zero-order valence-corrected chi connectivity index (χ0v) is 27.5. The van der Waals surface area contributed by atoms with E-state index in [0.717, 1.165) is 32.1 Å². The molecule has 0 N–H and O–H groups in total. The van der Waals surface area contributed by atoms with Crippen LogP contribution in [-0.2, 0) is 42.8 Å². The van der Waals surface area contributed by atoms with Crippen LogP contribution in [0.4, 0.5) is 4.79 Å². The summed E-state index contributed by atoms with van der Waals surface area (Å²) in [5, 5.41) is 0. The van der Waals surface area contributed by atoms with Crippen molar-refractivity contribution in [2.45, 2.75) is 70.4 Å². The number of nitrogens with zero attached hydrogens (tertiary/aromatic N) is 3. The van der Waals surface area contributed by atoms with Crippen LogP contribution in [0.5, 0.6) is 0 Å². The van der Waals surface area contributed by atoms with Gasteiger partial charge in [0.1, 0.15) is 12.1 Å². The van der Waals surface area contributed by atoms with Crippen LogP contribution in [0, 0.1) is 0 Å². The Morgan fingerprint density at radius 1 is 0.727 bits per heavy atom. The molecule has 13 heteroatoms. The van der Waals surface area contributed by atoms with Crippen molar-refractivity contribution >= 4 is 23.9 Å². The van der Waals surface area contributed by atoms with E-state index in [4.69, 9.17) is 23.7 Å². The van der Waals surface area contributed by atoms with Crippen molar-refractivity contribution in [1.29, 1.82) is 0 Å². The number of hydrogen-bond donors (Lipinski definition) is 0. The van der Waals surface area contributed by atoms with Gasteiger partial charge in [0.05, 0.1) is 60.0 Å². The number of amides is 3. The summed E-state index contributed by atoms with van der Waals surface area (Å²) in [6.45, 7) is 5.81. The number of hydrogen-bond acceptors (Lipinski definition) is 10. The molecule has 0 aromatic heterocycles. The van der Waals surface area contributed by atoms with Gasteiger partial charge in [0.15, 0.2) is 0 Å². The van der Waals surface area contributed by atoms with Crippen molar-refractivity contribution in [2.24, 2.45) is 0 Å². The number of methoxy groups -OCH3 is 1. The molecule has 0 radical (unpaired) electrons. The van der Waals surface area contributed by atoms with Gasteiger partial charge in [0, 0.05) is 47.1 Å². The number of ether oxygens (including phenoxy) is 6. The third-order valence-electron chi connectivity index (χ3n) is 7.28. The number of allylic oxidation sites excluding steroid dienone is 2. The highest BCUT2D eigenvalue weighted by Gasteiger charge is 2.23. The molecule has 0 spiro atoms. The third-order valence-corrected chi connectivity index (χ3v) is 7.28. The molecule has 0 saturated carbocycles. The van der Waals surface area contributed by atoms with Crippen LogP contribution in [0.25, 0.3) is 0 Å². The zero-order chi connectivity index (χ0) is 32.6. The minimum Gasteiger partial charge on any atom is -0.467 e. The van der Waals surface area contributed by atoms with Crippen LogP contribution in [0.2, 0.25) is 0 Å². The van der Waals surface area contributed by atoms with Gasteiger partial charge in [-0.15, -0.1) is 0 Å². The highest BCUT2D eigenvalue weighted by atomic mass is 16.6. The first-order chi connectivity index (χ1) is 21.2. The Kier molecular flexibility index (Phi) is 21.9. The first-order valence-electron chi connectivity index (χ1n) is 15.6. The van der Waals surface area contributed by atoms with Crippen molar-refractivity contribution < 1.29 is 47.6 Å². The summed E-state index contributed by atoms with van der Waals surface area (Å²) in [6.07, 6.45) is 9.64. The summed E-state index contributed by atoms with van der Waals surface area (Å²) >= 11 is 0. The topological polar surface area (TPSA) is 133 Å².